The number of carbonyl (C=O) groups is 2. The number of carbonyl (C=O) groups excluding carboxylic acids is 2. The first-order valence-corrected chi connectivity index (χ1v) is 13.6. The zero-order chi connectivity index (χ0) is 26.6. The third-order valence-electron chi connectivity index (χ3n) is 7.86. The van der Waals surface area contributed by atoms with Crippen molar-refractivity contribution < 1.29 is 19.1 Å². The highest BCUT2D eigenvalue weighted by atomic mass is 16.5. The first-order valence-electron chi connectivity index (χ1n) is 13.6. The predicted octanol–water partition coefficient (Wildman–Crippen LogP) is 3.56. The van der Waals surface area contributed by atoms with Gasteiger partial charge in [0.05, 0.1) is 32.1 Å². The highest BCUT2D eigenvalue weighted by Crippen LogP contribution is 2.38. The summed E-state index contributed by atoms with van der Waals surface area (Å²) in [6, 6.07) is 13.8. The number of amides is 2. The van der Waals surface area contributed by atoms with E-state index in [2.05, 4.69) is 36.9 Å². The third-order valence-corrected chi connectivity index (χ3v) is 7.86. The van der Waals surface area contributed by atoms with E-state index in [9.17, 15) is 9.59 Å². The third kappa shape index (κ3) is 5.92. The van der Waals surface area contributed by atoms with E-state index in [0.29, 0.717) is 26.2 Å². The van der Waals surface area contributed by atoms with Crippen LogP contribution in [-0.2, 0) is 14.3 Å². The standard InChI is InChI=1S/C30H38N4O4/c1-21-8-9-24(18-22(21)2)26-19-27(25-6-4-5-7-28(25)37-3)34(31-26)29(35)20-33(30(36)23-10-11-23)13-12-32-14-16-38-17-15-32/h4-9,18,23,27H,10-17,19-20H2,1-3H3/t27-/m0/s1. The molecule has 0 N–H and O–H groups in total. The van der Waals surface area contributed by atoms with E-state index < -0.39 is 0 Å². The summed E-state index contributed by atoms with van der Waals surface area (Å²) in [7, 11) is 1.65. The number of aryl methyl sites for hydroxylation is 2. The van der Waals surface area contributed by atoms with Gasteiger partial charge < -0.3 is 14.4 Å². The van der Waals surface area contributed by atoms with E-state index in [-0.39, 0.29) is 30.3 Å². The van der Waals surface area contributed by atoms with Crippen LogP contribution in [0.1, 0.15) is 47.6 Å². The van der Waals surface area contributed by atoms with Crippen LogP contribution in [0.3, 0.4) is 0 Å². The van der Waals surface area contributed by atoms with Crippen LogP contribution in [0.2, 0.25) is 0 Å². The zero-order valence-electron chi connectivity index (χ0n) is 22.7. The van der Waals surface area contributed by atoms with Crippen molar-refractivity contribution in [2.45, 2.75) is 39.2 Å². The number of hydrogen-bond donors (Lipinski definition) is 0. The molecule has 2 amide bonds. The summed E-state index contributed by atoms with van der Waals surface area (Å²) in [6.07, 6.45) is 2.40. The quantitative estimate of drug-likeness (QED) is 0.508. The number of ether oxygens (including phenoxy) is 2. The second-order valence-electron chi connectivity index (χ2n) is 10.5. The number of nitrogens with zero attached hydrogens (tertiary/aromatic N) is 4. The Kier molecular flexibility index (Phi) is 8.09. The van der Waals surface area contributed by atoms with Gasteiger partial charge in [0.2, 0.25) is 5.91 Å². The molecule has 2 aromatic rings. The van der Waals surface area contributed by atoms with Gasteiger partial charge in [0.25, 0.3) is 5.91 Å². The summed E-state index contributed by atoms with van der Waals surface area (Å²) in [5, 5.41) is 6.45. The van der Waals surface area contributed by atoms with Crippen molar-refractivity contribution >= 4 is 17.5 Å². The molecule has 1 atom stereocenters. The lowest BCUT2D eigenvalue weighted by Crippen LogP contribution is -2.47. The molecule has 0 unspecified atom stereocenters. The molecule has 2 aliphatic heterocycles. The average Bonchev–Trinajstić information content (AvgIpc) is 3.70. The number of benzene rings is 2. The first-order chi connectivity index (χ1) is 18.4. The van der Waals surface area contributed by atoms with Crippen molar-refractivity contribution in [3.8, 4) is 5.75 Å². The second-order valence-corrected chi connectivity index (χ2v) is 10.5. The van der Waals surface area contributed by atoms with E-state index in [4.69, 9.17) is 14.6 Å². The Bertz CT molecular complexity index is 1200. The van der Waals surface area contributed by atoms with Gasteiger partial charge in [-0.2, -0.15) is 5.10 Å². The molecule has 1 saturated heterocycles. The number of rotatable bonds is 9. The number of hydrogen-bond acceptors (Lipinski definition) is 6. The molecule has 0 aromatic heterocycles. The molecule has 2 heterocycles. The van der Waals surface area contributed by atoms with Gasteiger partial charge in [-0.05, 0) is 55.5 Å². The number of morpholine rings is 1. The van der Waals surface area contributed by atoms with Gasteiger partial charge in [-0.25, -0.2) is 5.01 Å². The maximum atomic E-state index is 13.9. The van der Waals surface area contributed by atoms with Crippen molar-refractivity contribution in [1.29, 1.82) is 0 Å². The Morgan fingerprint density at radius 3 is 2.55 bits per heavy atom. The molecule has 202 valence electrons. The van der Waals surface area contributed by atoms with E-state index >= 15 is 0 Å². The maximum absolute atomic E-state index is 13.9. The molecular weight excluding hydrogens is 480 g/mol. The molecule has 2 fully saturated rings. The molecule has 0 radical (unpaired) electrons. The normalized spacial score (nSPS) is 19.8. The van der Waals surface area contributed by atoms with Crippen molar-refractivity contribution in [3.05, 3.63) is 64.7 Å². The summed E-state index contributed by atoms with van der Waals surface area (Å²) in [6.45, 7) is 8.59. The second kappa shape index (κ2) is 11.7. The van der Waals surface area contributed by atoms with Crippen LogP contribution in [0.15, 0.2) is 47.6 Å². The molecule has 0 bridgehead atoms. The van der Waals surface area contributed by atoms with Crippen LogP contribution in [0.4, 0.5) is 0 Å². The Morgan fingerprint density at radius 2 is 1.84 bits per heavy atom. The van der Waals surface area contributed by atoms with E-state index in [1.54, 1.807) is 17.0 Å². The summed E-state index contributed by atoms with van der Waals surface area (Å²) >= 11 is 0. The number of methoxy groups -OCH3 is 1. The molecule has 8 heteroatoms. The number of para-hydroxylation sites is 1. The van der Waals surface area contributed by atoms with Gasteiger partial charge >= 0.3 is 0 Å². The molecule has 1 saturated carbocycles. The lowest BCUT2D eigenvalue weighted by atomic mass is 9.96. The van der Waals surface area contributed by atoms with Gasteiger partial charge in [0, 0.05) is 44.1 Å². The van der Waals surface area contributed by atoms with E-state index in [0.717, 1.165) is 55.1 Å². The number of hydrazone groups is 1. The Morgan fingerprint density at radius 1 is 1.08 bits per heavy atom. The molecule has 8 nitrogen and oxygen atoms in total. The topological polar surface area (TPSA) is 74.7 Å². The largest absolute Gasteiger partial charge is 0.496 e. The fourth-order valence-electron chi connectivity index (χ4n) is 5.20. The van der Waals surface area contributed by atoms with Crippen molar-refractivity contribution in [1.82, 2.24) is 14.8 Å². The average molecular weight is 519 g/mol. The summed E-state index contributed by atoms with van der Waals surface area (Å²) < 4.78 is 11.1. The molecule has 5 rings (SSSR count). The minimum Gasteiger partial charge on any atom is -0.496 e. The van der Waals surface area contributed by atoms with Crippen LogP contribution < -0.4 is 4.74 Å². The Balaban J connectivity index is 1.40. The van der Waals surface area contributed by atoms with Crippen LogP contribution in [0.25, 0.3) is 0 Å². The minimum absolute atomic E-state index is 0.0228. The van der Waals surface area contributed by atoms with Gasteiger partial charge in [-0.15, -0.1) is 0 Å². The van der Waals surface area contributed by atoms with Crippen LogP contribution >= 0.6 is 0 Å². The van der Waals surface area contributed by atoms with E-state index in [1.807, 2.05) is 24.3 Å². The van der Waals surface area contributed by atoms with Crippen LogP contribution in [0.5, 0.6) is 5.75 Å². The summed E-state index contributed by atoms with van der Waals surface area (Å²) in [4.78, 5) is 31.1. The van der Waals surface area contributed by atoms with Gasteiger partial charge in [0.15, 0.2) is 0 Å². The fourth-order valence-corrected chi connectivity index (χ4v) is 5.20. The monoisotopic (exact) mass is 518 g/mol. The van der Waals surface area contributed by atoms with E-state index in [1.165, 1.54) is 11.1 Å². The lowest BCUT2D eigenvalue weighted by Gasteiger charge is -2.31. The van der Waals surface area contributed by atoms with Crippen molar-refractivity contribution in [2.24, 2.45) is 11.0 Å². The smallest absolute Gasteiger partial charge is 0.262 e. The van der Waals surface area contributed by atoms with Crippen molar-refractivity contribution in [3.63, 3.8) is 0 Å². The van der Waals surface area contributed by atoms with Gasteiger partial charge in [0.1, 0.15) is 12.3 Å². The maximum Gasteiger partial charge on any atom is 0.262 e. The molecule has 3 aliphatic rings. The van der Waals surface area contributed by atoms with Gasteiger partial charge in [-0.1, -0.05) is 30.3 Å². The molecule has 1 aliphatic carbocycles. The molecule has 0 spiro atoms. The van der Waals surface area contributed by atoms with Gasteiger partial charge in [-0.3, -0.25) is 14.5 Å². The summed E-state index contributed by atoms with van der Waals surface area (Å²) in [5.41, 5.74) is 5.20. The predicted molar refractivity (Wildman–Crippen MR) is 146 cm³/mol. The minimum atomic E-state index is -0.299. The Hall–Kier alpha value is -3.23. The first kappa shape index (κ1) is 26.4. The summed E-state index contributed by atoms with van der Waals surface area (Å²) in [5.74, 6) is 0.685. The highest BCUT2D eigenvalue weighted by Gasteiger charge is 2.38. The van der Waals surface area contributed by atoms with Crippen LogP contribution in [0, 0.1) is 19.8 Å². The molecule has 2 aromatic carbocycles. The fraction of sp³-hybridized carbons (Fsp3) is 0.500. The van der Waals surface area contributed by atoms with Crippen LogP contribution in [-0.4, -0.2) is 85.4 Å². The lowest BCUT2D eigenvalue weighted by molar-refractivity contribution is -0.142. The SMILES string of the molecule is COc1ccccc1[C@@H]1CC(c2ccc(C)c(C)c2)=NN1C(=O)CN(CCN1CCOCC1)C(=O)C1CC1. The highest BCUT2D eigenvalue weighted by molar-refractivity contribution is 6.03. The van der Waals surface area contributed by atoms with Crippen molar-refractivity contribution in [2.75, 3.05) is 53.0 Å². The molecule has 38 heavy (non-hydrogen) atoms. The Labute approximate surface area is 225 Å². The molecular formula is C30H38N4O4. The zero-order valence-corrected chi connectivity index (χ0v) is 22.7.